The molecular formula is C27H44O2. The van der Waals surface area contributed by atoms with Gasteiger partial charge in [0.1, 0.15) is 0 Å². The summed E-state index contributed by atoms with van der Waals surface area (Å²) in [6.45, 7) is 15.6. The molecule has 0 aromatic heterocycles. The van der Waals surface area contributed by atoms with E-state index in [1.54, 1.807) is 0 Å². The van der Waals surface area contributed by atoms with E-state index in [0.29, 0.717) is 0 Å². The van der Waals surface area contributed by atoms with Crippen molar-refractivity contribution >= 4 is 6.15 Å². The first kappa shape index (κ1) is 29.3. The van der Waals surface area contributed by atoms with Gasteiger partial charge in [-0.3, -0.25) is 0 Å². The predicted molar refractivity (Wildman–Crippen MR) is 127 cm³/mol. The molecule has 0 aliphatic rings. The van der Waals surface area contributed by atoms with Gasteiger partial charge in [-0.05, 0) is 99.3 Å². The Morgan fingerprint density at radius 3 is 1.21 bits per heavy atom. The fourth-order valence-corrected chi connectivity index (χ4v) is 2.79. The minimum atomic E-state index is 0.250. The van der Waals surface area contributed by atoms with Gasteiger partial charge in [-0.1, -0.05) is 65.2 Å². The zero-order chi connectivity index (χ0) is 22.5. The zero-order valence-corrected chi connectivity index (χ0v) is 20.1. The van der Waals surface area contributed by atoms with Crippen molar-refractivity contribution in [2.24, 2.45) is 0 Å². The van der Waals surface area contributed by atoms with Crippen molar-refractivity contribution < 1.29 is 9.59 Å². The van der Waals surface area contributed by atoms with Crippen LogP contribution in [-0.4, -0.2) is 6.15 Å². The SMILES string of the molecule is CC/C(C)=C/CC/C(C)=C/CC/C=C(\C)CC/C=C(\C)CCC=C(C)C.O=C=O. The Morgan fingerprint density at radius 1 is 0.552 bits per heavy atom. The van der Waals surface area contributed by atoms with Crippen LogP contribution in [0.3, 0.4) is 0 Å². The highest BCUT2D eigenvalue weighted by Crippen LogP contribution is 2.13. The summed E-state index contributed by atoms with van der Waals surface area (Å²) in [5.41, 5.74) is 7.53. The lowest BCUT2D eigenvalue weighted by molar-refractivity contribution is -0.191. The molecule has 0 aromatic carbocycles. The summed E-state index contributed by atoms with van der Waals surface area (Å²) in [4.78, 5) is 16.2. The van der Waals surface area contributed by atoms with Crippen LogP contribution in [0.15, 0.2) is 58.2 Å². The Hall–Kier alpha value is -1.92. The second kappa shape index (κ2) is 20.8. The molecule has 0 amide bonds. The largest absolute Gasteiger partial charge is 0.373 e. The summed E-state index contributed by atoms with van der Waals surface area (Å²) < 4.78 is 0. The van der Waals surface area contributed by atoms with Gasteiger partial charge in [0.25, 0.3) is 0 Å². The lowest BCUT2D eigenvalue weighted by atomic mass is 10.0. The van der Waals surface area contributed by atoms with Crippen molar-refractivity contribution in [2.75, 3.05) is 0 Å². The summed E-state index contributed by atoms with van der Waals surface area (Å²) in [7, 11) is 0. The molecule has 0 radical (unpaired) electrons. The van der Waals surface area contributed by atoms with Crippen LogP contribution in [0.4, 0.5) is 0 Å². The van der Waals surface area contributed by atoms with Crippen molar-refractivity contribution in [3.05, 3.63) is 58.2 Å². The molecule has 164 valence electrons. The molecule has 0 saturated carbocycles. The fraction of sp³-hybridized carbons (Fsp3) is 0.593. The summed E-state index contributed by atoms with van der Waals surface area (Å²) in [5.74, 6) is 0. The van der Waals surface area contributed by atoms with Crippen molar-refractivity contribution in [2.45, 2.75) is 106 Å². The van der Waals surface area contributed by atoms with Crippen LogP contribution in [0.25, 0.3) is 0 Å². The zero-order valence-electron chi connectivity index (χ0n) is 20.1. The number of allylic oxidation sites excluding steroid dienone is 10. The minimum Gasteiger partial charge on any atom is -0.186 e. The second-order valence-electron chi connectivity index (χ2n) is 8.11. The van der Waals surface area contributed by atoms with Gasteiger partial charge in [0, 0.05) is 0 Å². The van der Waals surface area contributed by atoms with E-state index in [1.807, 2.05) is 0 Å². The number of rotatable bonds is 13. The molecule has 0 spiro atoms. The van der Waals surface area contributed by atoms with E-state index in [1.165, 1.54) is 85.7 Å². The standard InChI is InChI=1S/C26H44.CO2/c1-8-23(4)17-12-19-24(5)15-9-10-16-25(6)20-13-21-26(7)18-11-14-22(2)3;2-1-3/h14-17,21H,8-13,18-20H2,1-7H3;/b23-17+,24-15+,25-16+,26-21+;. The quantitative estimate of drug-likeness (QED) is 0.229. The van der Waals surface area contributed by atoms with E-state index >= 15 is 0 Å². The molecule has 0 fully saturated rings. The molecule has 0 rings (SSSR count). The first-order valence-electron chi connectivity index (χ1n) is 11.0. The van der Waals surface area contributed by atoms with Crippen molar-refractivity contribution in [3.63, 3.8) is 0 Å². The van der Waals surface area contributed by atoms with Gasteiger partial charge in [0.05, 0.1) is 0 Å². The van der Waals surface area contributed by atoms with E-state index in [2.05, 4.69) is 78.8 Å². The van der Waals surface area contributed by atoms with Crippen LogP contribution in [0.5, 0.6) is 0 Å². The molecule has 0 atom stereocenters. The maximum absolute atomic E-state index is 8.12. The average Bonchev–Trinajstić information content (AvgIpc) is 2.65. The summed E-state index contributed by atoms with van der Waals surface area (Å²) in [6, 6.07) is 0. The Kier molecular flexibility index (Phi) is 21.0. The normalized spacial score (nSPS) is 12.8. The summed E-state index contributed by atoms with van der Waals surface area (Å²) in [5, 5.41) is 0. The first-order chi connectivity index (χ1) is 13.8. The molecule has 0 aromatic rings. The Bertz CT molecular complexity index is 602. The van der Waals surface area contributed by atoms with Crippen LogP contribution in [0.1, 0.15) is 106 Å². The van der Waals surface area contributed by atoms with Crippen LogP contribution in [0.2, 0.25) is 0 Å². The topological polar surface area (TPSA) is 34.1 Å². The minimum absolute atomic E-state index is 0.250. The third-order valence-corrected chi connectivity index (χ3v) is 4.86. The maximum Gasteiger partial charge on any atom is 0.373 e. The molecule has 0 bridgehead atoms. The van der Waals surface area contributed by atoms with Gasteiger partial charge in [-0.15, -0.1) is 0 Å². The Labute approximate surface area is 180 Å². The maximum atomic E-state index is 8.12. The summed E-state index contributed by atoms with van der Waals surface area (Å²) >= 11 is 0. The summed E-state index contributed by atoms with van der Waals surface area (Å²) in [6.07, 6.45) is 22.9. The molecule has 0 unspecified atom stereocenters. The Morgan fingerprint density at radius 2 is 0.862 bits per heavy atom. The first-order valence-corrected chi connectivity index (χ1v) is 11.0. The molecular weight excluding hydrogens is 356 g/mol. The molecule has 0 N–H and O–H groups in total. The van der Waals surface area contributed by atoms with Crippen LogP contribution in [-0.2, 0) is 9.59 Å². The molecule has 0 heterocycles. The van der Waals surface area contributed by atoms with Gasteiger partial charge < -0.3 is 0 Å². The smallest absolute Gasteiger partial charge is 0.186 e. The predicted octanol–water partition coefficient (Wildman–Crippen LogP) is 8.69. The fourth-order valence-electron chi connectivity index (χ4n) is 2.79. The molecule has 2 nitrogen and oxygen atoms in total. The van der Waals surface area contributed by atoms with Crippen LogP contribution >= 0.6 is 0 Å². The number of carbonyl (C=O) groups excluding carboxylic acids is 2. The van der Waals surface area contributed by atoms with E-state index in [9.17, 15) is 0 Å². The highest BCUT2D eigenvalue weighted by Gasteiger charge is 1.93. The number of unbranched alkanes of at least 4 members (excludes halogenated alkanes) is 1. The number of hydrogen-bond acceptors (Lipinski definition) is 2. The van der Waals surface area contributed by atoms with E-state index in [-0.39, 0.29) is 6.15 Å². The van der Waals surface area contributed by atoms with Crippen LogP contribution in [0, 0.1) is 0 Å². The van der Waals surface area contributed by atoms with Gasteiger partial charge in [-0.25, -0.2) is 0 Å². The van der Waals surface area contributed by atoms with Crippen molar-refractivity contribution in [1.29, 1.82) is 0 Å². The van der Waals surface area contributed by atoms with E-state index in [0.717, 1.165) is 0 Å². The van der Waals surface area contributed by atoms with Gasteiger partial charge >= 0.3 is 6.15 Å². The lowest BCUT2D eigenvalue weighted by Crippen LogP contribution is -1.82. The van der Waals surface area contributed by atoms with Gasteiger partial charge in [0.2, 0.25) is 0 Å². The van der Waals surface area contributed by atoms with Gasteiger partial charge in [-0.2, -0.15) is 9.59 Å². The molecule has 0 aliphatic carbocycles. The van der Waals surface area contributed by atoms with Gasteiger partial charge in [0.15, 0.2) is 0 Å². The monoisotopic (exact) mass is 400 g/mol. The molecule has 0 saturated heterocycles. The second-order valence-corrected chi connectivity index (χ2v) is 8.11. The average molecular weight is 401 g/mol. The Balaban J connectivity index is 0. The van der Waals surface area contributed by atoms with Crippen LogP contribution < -0.4 is 0 Å². The van der Waals surface area contributed by atoms with Crippen molar-refractivity contribution in [3.8, 4) is 0 Å². The highest BCUT2D eigenvalue weighted by atomic mass is 16.2. The van der Waals surface area contributed by atoms with E-state index < -0.39 is 0 Å². The highest BCUT2D eigenvalue weighted by molar-refractivity contribution is 5.20. The van der Waals surface area contributed by atoms with Crippen molar-refractivity contribution in [1.82, 2.24) is 0 Å². The third-order valence-electron chi connectivity index (χ3n) is 4.86. The molecule has 29 heavy (non-hydrogen) atoms. The number of hydrogen-bond donors (Lipinski definition) is 0. The molecule has 0 aliphatic heterocycles. The lowest BCUT2D eigenvalue weighted by Gasteiger charge is -2.02. The molecule has 2 heteroatoms. The third kappa shape index (κ3) is 24.0. The van der Waals surface area contributed by atoms with E-state index in [4.69, 9.17) is 9.59 Å².